The monoisotopic (exact) mass is 350 g/mol. The van der Waals surface area contributed by atoms with E-state index in [0.29, 0.717) is 16.8 Å². The average molecular weight is 350 g/mol. The normalized spacial score (nSPS) is 11.3. The SMILES string of the molecule is CC(C)Oc1cc(N=Nc2ccc(C(=O)O)cc2)c(O)c2ccccc12. The number of carboxylic acids is 1. The second-order valence-electron chi connectivity index (χ2n) is 6.01. The zero-order valence-corrected chi connectivity index (χ0v) is 14.4. The highest BCUT2D eigenvalue weighted by Crippen LogP contribution is 2.41. The summed E-state index contributed by atoms with van der Waals surface area (Å²) in [5, 5.41) is 29.1. The highest BCUT2D eigenvalue weighted by molar-refractivity contribution is 5.97. The van der Waals surface area contributed by atoms with Gasteiger partial charge in [0.05, 0.1) is 17.4 Å². The third-order valence-corrected chi connectivity index (χ3v) is 3.71. The largest absolute Gasteiger partial charge is 0.505 e. The lowest BCUT2D eigenvalue weighted by Crippen LogP contribution is -2.05. The number of aromatic carboxylic acids is 1. The van der Waals surface area contributed by atoms with Gasteiger partial charge in [0.25, 0.3) is 0 Å². The molecule has 3 aromatic carbocycles. The predicted octanol–water partition coefficient (Wildman–Crippen LogP) is 5.45. The summed E-state index contributed by atoms with van der Waals surface area (Å²) in [5.74, 6) is -0.373. The first kappa shape index (κ1) is 17.4. The van der Waals surface area contributed by atoms with E-state index in [4.69, 9.17) is 9.84 Å². The number of carboxylic acid groups (broad SMARTS) is 1. The molecule has 26 heavy (non-hydrogen) atoms. The fourth-order valence-electron chi connectivity index (χ4n) is 2.52. The van der Waals surface area contributed by atoms with E-state index in [1.807, 2.05) is 32.0 Å². The molecule has 6 heteroatoms. The molecule has 0 aromatic heterocycles. The van der Waals surface area contributed by atoms with Crippen molar-refractivity contribution in [2.45, 2.75) is 20.0 Å². The number of hydrogen-bond acceptors (Lipinski definition) is 5. The summed E-state index contributed by atoms with van der Waals surface area (Å²) in [4.78, 5) is 10.9. The van der Waals surface area contributed by atoms with Crippen LogP contribution in [0.25, 0.3) is 10.8 Å². The molecule has 0 heterocycles. The zero-order chi connectivity index (χ0) is 18.7. The number of phenols is 1. The minimum atomic E-state index is -1.00. The number of nitrogens with zero attached hydrogens (tertiary/aromatic N) is 2. The first-order valence-electron chi connectivity index (χ1n) is 8.12. The molecule has 0 unspecified atom stereocenters. The van der Waals surface area contributed by atoms with Gasteiger partial charge in [-0.3, -0.25) is 0 Å². The van der Waals surface area contributed by atoms with Crippen molar-refractivity contribution in [3.05, 3.63) is 60.2 Å². The first-order valence-corrected chi connectivity index (χ1v) is 8.12. The fraction of sp³-hybridized carbons (Fsp3) is 0.150. The Morgan fingerprint density at radius 3 is 2.27 bits per heavy atom. The summed E-state index contributed by atoms with van der Waals surface area (Å²) in [6.45, 7) is 3.85. The van der Waals surface area contributed by atoms with Crippen molar-refractivity contribution in [3.8, 4) is 11.5 Å². The predicted molar refractivity (Wildman–Crippen MR) is 99.0 cm³/mol. The lowest BCUT2D eigenvalue weighted by Gasteiger charge is -2.14. The number of hydrogen-bond donors (Lipinski definition) is 2. The maximum Gasteiger partial charge on any atom is 0.335 e. The van der Waals surface area contributed by atoms with E-state index in [1.165, 1.54) is 12.1 Å². The molecule has 0 amide bonds. The molecule has 0 aliphatic carbocycles. The van der Waals surface area contributed by atoms with Gasteiger partial charge in [-0.1, -0.05) is 24.3 Å². The Morgan fingerprint density at radius 1 is 1.00 bits per heavy atom. The van der Waals surface area contributed by atoms with Crippen molar-refractivity contribution in [3.63, 3.8) is 0 Å². The molecule has 6 nitrogen and oxygen atoms in total. The van der Waals surface area contributed by atoms with Gasteiger partial charge < -0.3 is 14.9 Å². The van der Waals surface area contributed by atoms with Crippen LogP contribution in [0.1, 0.15) is 24.2 Å². The maximum absolute atomic E-state index is 10.9. The van der Waals surface area contributed by atoms with Crippen LogP contribution in [0.2, 0.25) is 0 Å². The smallest absolute Gasteiger partial charge is 0.335 e. The van der Waals surface area contributed by atoms with Crippen molar-refractivity contribution >= 4 is 28.1 Å². The number of fused-ring (bicyclic) bond motifs is 1. The molecule has 0 fully saturated rings. The molecule has 0 aliphatic rings. The van der Waals surface area contributed by atoms with Crippen molar-refractivity contribution in [2.75, 3.05) is 0 Å². The summed E-state index contributed by atoms with van der Waals surface area (Å²) in [7, 11) is 0. The van der Waals surface area contributed by atoms with Crippen molar-refractivity contribution in [1.82, 2.24) is 0 Å². The molecule has 0 radical (unpaired) electrons. The van der Waals surface area contributed by atoms with Crippen LogP contribution in [0.5, 0.6) is 11.5 Å². The summed E-state index contributed by atoms with van der Waals surface area (Å²) < 4.78 is 5.84. The van der Waals surface area contributed by atoms with Crippen molar-refractivity contribution in [2.24, 2.45) is 10.2 Å². The number of phenolic OH excluding ortho intramolecular Hbond substituents is 1. The van der Waals surface area contributed by atoms with Gasteiger partial charge in [-0.25, -0.2) is 4.79 Å². The molecule has 0 atom stereocenters. The number of aromatic hydroxyl groups is 1. The van der Waals surface area contributed by atoms with E-state index in [-0.39, 0.29) is 23.1 Å². The van der Waals surface area contributed by atoms with E-state index in [1.54, 1.807) is 24.3 Å². The quantitative estimate of drug-likeness (QED) is 0.599. The third kappa shape index (κ3) is 3.64. The van der Waals surface area contributed by atoms with Gasteiger partial charge in [0.2, 0.25) is 0 Å². The molecular formula is C20H18N2O4. The molecule has 132 valence electrons. The van der Waals surface area contributed by atoms with E-state index in [0.717, 1.165) is 5.39 Å². The van der Waals surface area contributed by atoms with Crippen LogP contribution < -0.4 is 4.74 Å². The maximum atomic E-state index is 10.9. The van der Waals surface area contributed by atoms with Crippen molar-refractivity contribution < 1.29 is 19.7 Å². The highest BCUT2D eigenvalue weighted by atomic mass is 16.5. The zero-order valence-electron chi connectivity index (χ0n) is 14.4. The Labute approximate surface area is 150 Å². The van der Waals surface area contributed by atoms with E-state index >= 15 is 0 Å². The van der Waals surface area contributed by atoms with E-state index in [2.05, 4.69) is 10.2 Å². The molecule has 0 saturated carbocycles. The number of carbonyl (C=O) groups is 1. The van der Waals surface area contributed by atoms with Crippen LogP contribution in [0.15, 0.2) is 64.8 Å². The third-order valence-electron chi connectivity index (χ3n) is 3.71. The van der Waals surface area contributed by atoms with Crippen LogP contribution in [0, 0.1) is 0 Å². The first-order chi connectivity index (χ1) is 12.5. The number of azo groups is 1. The lowest BCUT2D eigenvalue weighted by molar-refractivity contribution is 0.0697. The molecule has 2 N–H and O–H groups in total. The molecule has 3 rings (SSSR count). The van der Waals surface area contributed by atoms with Gasteiger partial charge in [0.1, 0.15) is 11.4 Å². The Bertz CT molecular complexity index is 979. The van der Waals surface area contributed by atoms with Gasteiger partial charge in [-0.2, -0.15) is 5.11 Å². The van der Waals surface area contributed by atoms with Crippen molar-refractivity contribution in [1.29, 1.82) is 0 Å². The minimum absolute atomic E-state index is 0.0163. The molecule has 0 saturated heterocycles. The van der Waals surface area contributed by atoms with Gasteiger partial charge >= 0.3 is 5.97 Å². The summed E-state index contributed by atoms with van der Waals surface area (Å²) in [5.41, 5.74) is 0.931. The van der Waals surface area contributed by atoms with Crippen LogP contribution in [-0.2, 0) is 0 Å². The lowest BCUT2D eigenvalue weighted by atomic mass is 10.1. The van der Waals surface area contributed by atoms with Gasteiger partial charge in [-0.15, -0.1) is 5.11 Å². The second kappa shape index (κ2) is 7.23. The van der Waals surface area contributed by atoms with E-state index in [9.17, 15) is 9.90 Å². The van der Waals surface area contributed by atoms with Crippen LogP contribution in [0.4, 0.5) is 11.4 Å². The van der Waals surface area contributed by atoms with Gasteiger partial charge in [0, 0.05) is 16.8 Å². The standard InChI is InChI=1S/C20H18N2O4/c1-12(2)26-18-11-17(19(23)16-6-4-3-5-15(16)18)22-21-14-9-7-13(8-10-14)20(24)25/h3-12,23H,1-2H3,(H,24,25). The highest BCUT2D eigenvalue weighted by Gasteiger charge is 2.13. The fourth-order valence-corrected chi connectivity index (χ4v) is 2.52. The van der Waals surface area contributed by atoms with Crippen LogP contribution in [0.3, 0.4) is 0 Å². The topological polar surface area (TPSA) is 91.5 Å². The molecule has 0 bridgehead atoms. The Kier molecular flexibility index (Phi) is 4.84. The molecular weight excluding hydrogens is 332 g/mol. The van der Waals surface area contributed by atoms with Crippen LogP contribution >= 0.6 is 0 Å². The van der Waals surface area contributed by atoms with E-state index < -0.39 is 5.97 Å². The number of rotatable bonds is 5. The van der Waals surface area contributed by atoms with Gasteiger partial charge in [-0.05, 0) is 38.1 Å². The summed E-state index contributed by atoms with van der Waals surface area (Å²) in [6, 6.07) is 15.0. The summed E-state index contributed by atoms with van der Waals surface area (Å²) in [6.07, 6.45) is -0.0312. The average Bonchev–Trinajstić information content (AvgIpc) is 2.63. The second-order valence-corrected chi connectivity index (χ2v) is 6.01. The molecule has 3 aromatic rings. The number of benzene rings is 3. The van der Waals surface area contributed by atoms with Gasteiger partial charge in [0.15, 0.2) is 5.75 Å². The van der Waals surface area contributed by atoms with Crippen LogP contribution in [-0.4, -0.2) is 22.3 Å². The Hall–Kier alpha value is -3.41. The molecule has 0 aliphatic heterocycles. The Balaban J connectivity index is 2.01. The Morgan fingerprint density at radius 2 is 1.65 bits per heavy atom. The minimum Gasteiger partial charge on any atom is -0.505 e. The summed E-state index contributed by atoms with van der Waals surface area (Å²) >= 11 is 0. The molecule has 0 spiro atoms. The number of ether oxygens (including phenoxy) is 1.